The van der Waals surface area contributed by atoms with Crippen LogP contribution in [0, 0.1) is 0 Å². The predicted molar refractivity (Wildman–Crippen MR) is 118 cm³/mol. The fraction of sp³-hybridized carbons (Fsp3) is 0.250. The minimum atomic E-state index is -0.366. The average Bonchev–Trinajstić information content (AvgIpc) is 3.39. The Morgan fingerprint density at radius 1 is 1.13 bits per heavy atom. The van der Waals surface area contributed by atoms with Crippen molar-refractivity contribution in [1.82, 2.24) is 14.9 Å². The van der Waals surface area contributed by atoms with Gasteiger partial charge < -0.3 is 14.3 Å². The first-order valence-corrected chi connectivity index (χ1v) is 10.5. The molecule has 30 heavy (non-hydrogen) atoms. The van der Waals surface area contributed by atoms with Gasteiger partial charge in [0.15, 0.2) is 0 Å². The molecule has 0 aliphatic rings. The van der Waals surface area contributed by atoms with Crippen LogP contribution in [0.15, 0.2) is 71.3 Å². The van der Waals surface area contributed by atoms with E-state index >= 15 is 0 Å². The van der Waals surface area contributed by atoms with Crippen molar-refractivity contribution in [2.75, 3.05) is 0 Å². The number of aromatic nitrogens is 2. The van der Waals surface area contributed by atoms with Gasteiger partial charge >= 0.3 is 0 Å². The number of para-hydroxylation sites is 2. The first kappa shape index (κ1) is 20.2. The number of halogens is 1. The molecule has 5 nitrogen and oxygen atoms in total. The summed E-state index contributed by atoms with van der Waals surface area (Å²) < 4.78 is 7.42. The van der Waals surface area contributed by atoms with Crippen molar-refractivity contribution in [3.8, 4) is 0 Å². The van der Waals surface area contributed by atoms with Gasteiger partial charge in [0.05, 0.1) is 23.8 Å². The lowest BCUT2D eigenvalue weighted by molar-refractivity contribution is -0.124. The zero-order valence-corrected chi connectivity index (χ0v) is 17.6. The summed E-state index contributed by atoms with van der Waals surface area (Å²) in [5.74, 6) is 1.51. The Morgan fingerprint density at radius 2 is 1.93 bits per heavy atom. The van der Waals surface area contributed by atoms with Gasteiger partial charge in [0, 0.05) is 11.4 Å². The SMILES string of the molecule is CCC[C@H](C(=O)NCc1ccco1)n1c(Cc2ccccc2Cl)nc2ccccc21. The molecule has 2 aromatic carbocycles. The molecule has 2 heterocycles. The molecule has 4 aromatic rings. The number of imidazole rings is 1. The zero-order valence-electron chi connectivity index (χ0n) is 16.8. The van der Waals surface area contributed by atoms with E-state index in [1.807, 2.05) is 60.7 Å². The van der Waals surface area contributed by atoms with E-state index in [4.69, 9.17) is 21.0 Å². The largest absolute Gasteiger partial charge is 0.467 e. The highest BCUT2D eigenvalue weighted by molar-refractivity contribution is 6.31. The molecule has 6 heteroatoms. The molecule has 2 aromatic heterocycles. The molecule has 1 N–H and O–H groups in total. The molecule has 0 unspecified atom stereocenters. The van der Waals surface area contributed by atoms with Crippen molar-refractivity contribution < 1.29 is 9.21 Å². The number of carbonyl (C=O) groups excluding carboxylic acids is 1. The molecular formula is C24H24ClN3O2. The standard InChI is InChI=1S/C24H24ClN3O2/c1-2-8-22(24(29)26-16-18-10-7-14-30-18)28-21-13-6-5-12-20(21)27-23(28)15-17-9-3-4-11-19(17)25/h3-7,9-14,22H,2,8,15-16H2,1H3,(H,26,29)/t22-/m1/s1. The van der Waals surface area contributed by atoms with Gasteiger partial charge in [0.2, 0.25) is 5.91 Å². The summed E-state index contributed by atoms with van der Waals surface area (Å²) in [4.78, 5) is 18.1. The van der Waals surface area contributed by atoms with Crippen LogP contribution in [0.3, 0.4) is 0 Å². The molecule has 0 aliphatic heterocycles. The number of nitrogens with one attached hydrogen (secondary N) is 1. The summed E-state index contributed by atoms with van der Waals surface area (Å²) in [6.07, 6.45) is 3.74. The summed E-state index contributed by atoms with van der Waals surface area (Å²) in [5, 5.41) is 3.72. The Morgan fingerprint density at radius 3 is 2.70 bits per heavy atom. The van der Waals surface area contributed by atoms with Gasteiger partial charge in [0.1, 0.15) is 17.6 Å². The molecule has 0 bridgehead atoms. The molecule has 4 rings (SSSR count). The van der Waals surface area contributed by atoms with Gasteiger partial charge in [-0.15, -0.1) is 0 Å². The topological polar surface area (TPSA) is 60.1 Å². The Bertz CT molecular complexity index is 1130. The maximum atomic E-state index is 13.2. The minimum absolute atomic E-state index is 0.0446. The molecule has 0 radical (unpaired) electrons. The van der Waals surface area contributed by atoms with E-state index in [-0.39, 0.29) is 11.9 Å². The molecule has 1 atom stereocenters. The van der Waals surface area contributed by atoms with E-state index in [9.17, 15) is 4.79 Å². The summed E-state index contributed by atoms with van der Waals surface area (Å²) in [6.45, 7) is 2.44. The number of fused-ring (bicyclic) bond motifs is 1. The van der Waals surface area contributed by atoms with E-state index in [1.165, 1.54) is 0 Å². The van der Waals surface area contributed by atoms with E-state index in [2.05, 4.69) is 16.8 Å². The van der Waals surface area contributed by atoms with Crippen molar-refractivity contribution in [2.45, 2.75) is 38.8 Å². The number of hydrogen-bond donors (Lipinski definition) is 1. The Balaban J connectivity index is 1.71. The second-order valence-electron chi connectivity index (χ2n) is 7.26. The van der Waals surface area contributed by atoms with E-state index in [0.717, 1.165) is 34.6 Å². The normalized spacial score (nSPS) is 12.2. The monoisotopic (exact) mass is 421 g/mol. The molecule has 0 fully saturated rings. The van der Waals surface area contributed by atoms with Crippen molar-refractivity contribution in [3.05, 3.63) is 89.1 Å². The molecule has 0 spiro atoms. The number of furan rings is 1. The van der Waals surface area contributed by atoms with Crippen LogP contribution < -0.4 is 5.32 Å². The quantitative estimate of drug-likeness (QED) is 0.407. The lowest BCUT2D eigenvalue weighted by atomic mass is 10.1. The van der Waals surface area contributed by atoms with Crippen LogP contribution in [-0.4, -0.2) is 15.5 Å². The van der Waals surface area contributed by atoms with Crippen LogP contribution in [0.4, 0.5) is 0 Å². The van der Waals surface area contributed by atoms with Crippen LogP contribution in [0.2, 0.25) is 5.02 Å². The Kier molecular flexibility index (Phi) is 6.19. The van der Waals surface area contributed by atoms with Crippen LogP contribution in [0.25, 0.3) is 11.0 Å². The molecule has 154 valence electrons. The molecule has 0 saturated heterocycles. The predicted octanol–water partition coefficient (Wildman–Crippen LogP) is 5.53. The summed E-state index contributed by atoms with van der Waals surface area (Å²) in [6, 6.07) is 19.0. The van der Waals surface area contributed by atoms with E-state index < -0.39 is 0 Å². The van der Waals surface area contributed by atoms with Gasteiger partial charge in [0.25, 0.3) is 0 Å². The van der Waals surface area contributed by atoms with Crippen LogP contribution in [0.5, 0.6) is 0 Å². The van der Waals surface area contributed by atoms with Gasteiger partial charge in [-0.05, 0) is 42.3 Å². The average molecular weight is 422 g/mol. The first-order valence-electron chi connectivity index (χ1n) is 10.2. The third-order valence-corrected chi connectivity index (χ3v) is 5.54. The Hall–Kier alpha value is -3.05. The van der Waals surface area contributed by atoms with Crippen molar-refractivity contribution in [1.29, 1.82) is 0 Å². The summed E-state index contributed by atoms with van der Waals surface area (Å²) in [5.41, 5.74) is 2.81. The van der Waals surface area contributed by atoms with E-state index in [1.54, 1.807) is 6.26 Å². The van der Waals surface area contributed by atoms with Crippen molar-refractivity contribution >= 4 is 28.5 Å². The highest BCUT2D eigenvalue weighted by Crippen LogP contribution is 2.28. The number of hydrogen-bond acceptors (Lipinski definition) is 3. The molecule has 1 amide bonds. The second-order valence-corrected chi connectivity index (χ2v) is 7.66. The summed E-state index contributed by atoms with van der Waals surface area (Å²) in [7, 11) is 0. The van der Waals surface area contributed by atoms with Gasteiger partial charge in [-0.3, -0.25) is 4.79 Å². The highest BCUT2D eigenvalue weighted by atomic mass is 35.5. The lowest BCUT2D eigenvalue weighted by Crippen LogP contribution is -2.33. The van der Waals surface area contributed by atoms with Crippen LogP contribution in [0.1, 0.15) is 43.0 Å². The Labute approximate surface area is 180 Å². The number of nitrogens with zero attached hydrogens (tertiary/aromatic N) is 2. The number of rotatable bonds is 8. The van der Waals surface area contributed by atoms with E-state index in [0.29, 0.717) is 24.4 Å². The smallest absolute Gasteiger partial charge is 0.243 e. The maximum absolute atomic E-state index is 13.2. The fourth-order valence-corrected chi connectivity index (χ4v) is 3.94. The number of amides is 1. The third-order valence-electron chi connectivity index (χ3n) is 5.17. The fourth-order valence-electron chi connectivity index (χ4n) is 3.74. The van der Waals surface area contributed by atoms with Gasteiger partial charge in [-0.2, -0.15) is 0 Å². The van der Waals surface area contributed by atoms with Crippen molar-refractivity contribution in [2.24, 2.45) is 0 Å². The maximum Gasteiger partial charge on any atom is 0.243 e. The number of carbonyl (C=O) groups is 1. The first-order chi connectivity index (χ1) is 14.7. The van der Waals surface area contributed by atoms with Crippen LogP contribution in [-0.2, 0) is 17.8 Å². The van der Waals surface area contributed by atoms with Gasteiger partial charge in [-0.1, -0.05) is 55.3 Å². The van der Waals surface area contributed by atoms with Crippen molar-refractivity contribution in [3.63, 3.8) is 0 Å². The highest BCUT2D eigenvalue weighted by Gasteiger charge is 2.25. The van der Waals surface area contributed by atoms with Crippen LogP contribution >= 0.6 is 11.6 Å². The minimum Gasteiger partial charge on any atom is -0.467 e. The zero-order chi connectivity index (χ0) is 20.9. The second kappa shape index (κ2) is 9.18. The lowest BCUT2D eigenvalue weighted by Gasteiger charge is -2.21. The molecule has 0 saturated carbocycles. The van der Waals surface area contributed by atoms with Gasteiger partial charge in [-0.25, -0.2) is 4.98 Å². The third kappa shape index (κ3) is 4.26. The molecule has 0 aliphatic carbocycles. The summed E-state index contributed by atoms with van der Waals surface area (Å²) >= 11 is 6.41. The molecular weight excluding hydrogens is 398 g/mol. The number of benzene rings is 2.